The van der Waals surface area contributed by atoms with Gasteiger partial charge in [0.25, 0.3) is 5.91 Å². The molecule has 0 bridgehead atoms. The highest BCUT2D eigenvalue weighted by molar-refractivity contribution is 7.89. The molecule has 0 spiro atoms. The Morgan fingerprint density at radius 1 is 1.48 bits per heavy atom. The van der Waals surface area contributed by atoms with Crippen molar-refractivity contribution in [2.75, 3.05) is 13.1 Å². The van der Waals surface area contributed by atoms with Crippen molar-refractivity contribution >= 4 is 15.9 Å². The number of carbonyl (C=O) groups excluding carboxylic acids is 1. The van der Waals surface area contributed by atoms with Gasteiger partial charge < -0.3 is 4.90 Å². The molecule has 0 unspecified atom stereocenters. The number of carbonyl (C=O) groups is 1. The molecule has 0 atom stereocenters. The molecule has 1 aliphatic carbocycles. The Labute approximate surface area is 125 Å². The first kappa shape index (κ1) is 15.5. The molecule has 1 aromatic rings. The standard InChI is InChI=1S/C15H18N2O3S/c1-3-8-17(10-12-4-5-12)15(18)14-7-6-13(9-11(14)2)21(16,19)20/h1,6-7,9,12H,4-5,8,10H2,2H3,(H2,16,19,20). The highest BCUT2D eigenvalue weighted by Crippen LogP contribution is 2.30. The van der Waals surface area contributed by atoms with E-state index in [1.807, 2.05) is 0 Å². The van der Waals surface area contributed by atoms with Crippen molar-refractivity contribution in [2.45, 2.75) is 24.7 Å². The zero-order valence-electron chi connectivity index (χ0n) is 11.9. The first-order valence-electron chi connectivity index (χ1n) is 6.69. The minimum atomic E-state index is -3.76. The van der Waals surface area contributed by atoms with Crippen molar-refractivity contribution in [3.8, 4) is 12.3 Å². The monoisotopic (exact) mass is 306 g/mol. The Morgan fingerprint density at radius 3 is 2.62 bits per heavy atom. The van der Waals surface area contributed by atoms with Gasteiger partial charge in [0, 0.05) is 12.1 Å². The Bertz CT molecular complexity index is 700. The molecule has 5 nitrogen and oxygen atoms in total. The number of amides is 1. The average molecular weight is 306 g/mol. The van der Waals surface area contributed by atoms with Crippen molar-refractivity contribution in [2.24, 2.45) is 11.1 Å². The molecule has 1 aromatic carbocycles. The van der Waals surface area contributed by atoms with Gasteiger partial charge in [-0.05, 0) is 49.4 Å². The van der Waals surface area contributed by atoms with Crippen LogP contribution >= 0.6 is 0 Å². The third-order valence-electron chi connectivity index (χ3n) is 3.50. The van der Waals surface area contributed by atoms with E-state index in [0.29, 0.717) is 23.6 Å². The summed E-state index contributed by atoms with van der Waals surface area (Å²) in [5.74, 6) is 2.86. The van der Waals surface area contributed by atoms with E-state index in [0.717, 1.165) is 12.8 Å². The van der Waals surface area contributed by atoms with Gasteiger partial charge in [0.1, 0.15) is 0 Å². The minimum absolute atomic E-state index is 0.00208. The van der Waals surface area contributed by atoms with Crippen molar-refractivity contribution < 1.29 is 13.2 Å². The van der Waals surface area contributed by atoms with E-state index < -0.39 is 10.0 Å². The Morgan fingerprint density at radius 2 is 2.14 bits per heavy atom. The lowest BCUT2D eigenvalue weighted by Crippen LogP contribution is -2.33. The number of sulfonamides is 1. The highest BCUT2D eigenvalue weighted by Gasteiger charge is 2.27. The zero-order chi connectivity index (χ0) is 15.6. The molecule has 0 heterocycles. The predicted octanol–water partition coefficient (Wildman–Crippen LogP) is 1.13. The molecular formula is C15H18N2O3S. The summed E-state index contributed by atoms with van der Waals surface area (Å²) in [6, 6.07) is 4.25. The number of nitrogens with two attached hydrogens (primary N) is 1. The molecule has 21 heavy (non-hydrogen) atoms. The number of aryl methyl sites for hydroxylation is 1. The molecule has 1 fully saturated rings. The summed E-state index contributed by atoms with van der Waals surface area (Å²) in [5, 5.41) is 5.08. The maximum absolute atomic E-state index is 12.5. The second-order valence-corrected chi connectivity index (χ2v) is 6.92. The summed E-state index contributed by atoms with van der Waals surface area (Å²) >= 11 is 0. The summed E-state index contributed by atoms with van der Waals surface area (Å²) in [7, 11) is -3.76. The summed E-state index contributed by atoms with van der Waals surface area (Å²) in [4.78, 5) is 14.2. The molecule has 1 amide bonds. The quantitative estimate of drug-likeness (QED) is 0.828. The van der Waals surface area contributed by atoms with Gasteiger partial charge in [-0.3, -0.25) is 4.79 Å². The van der Waals surface area contributed by atoms with Crippen LogP contribution in [0.1, 0.15) is 28.8 Å². The molecule has 0 radical (unpaired) electrons. The molecule has 0 aliphatic heterocycles. The third kappa shape index (κ3) is 3.84. The Hall–Kier alpha value is -1.84. The zero-order valence-corrected chi connectivity index (χ0v) is 12.7. The highest BCUT2D eigenvalue weighted by atomic mass is 32.2. The van der Waals surface area contributed by atoms with Gasteiger partial charge in [-0.15, -0.1) is 6.42 Å². The fourth-order valence-corrected chi connectivity index (χ4v) is 2.76. The van der Waals surface area contributed by atoms with Gasteiger partial charge in [-0.1, -0.05) is 5.92 Å². The van der Waals surface area contributed by atoms with E-state index in [9.17, 15) is 13.2 Å². The first-order valence-corrected chi connectivity index (χ1v) is 8.23. The summed E-state index contributed by atoms with van der Waals surface area (Å²) in [6.45, 7) is 2.60. The molecule has 1 saturated carbocycles. The van der Waals surface area contributed by atoms with Gasteiger partial charge in [0.2, 0.25) is 10.0 Å². The Balaban J connectivity index is 2.27. The minimum Gasteiger partial charge on any atom is -0.327 e. The molecule has 112 valence electrons. The van der Waals surface area contributed by atoms with Crippen LogP contribution < -0.4 is 5.14 Å². The number of terminal acetylenes is 1. The van der Waals surface area contributed by atoms with Crippen LogP contribution in [-0.2, 0) is 10.0 Å². The molecule has 1 aliphatic rings. The van der Waals surface area contributed by atoms with Crippen LogP contribution in [0.3, 0.4) is 0 Å². The smallest absolute Gasteiger partial charge is 0.254 e. The Kier molecular flexibility index (Phi) is 4.35. The lowest BCUT2D eigenvalue weighted by atomic mass is 10.1. The number of hydrogen-bond donors (Lipinski definition) is 1. The van der Waals surface area contributed by atoms with E-state index in [4.69, 9.17) is 11.6 Å². The maximum Gasteiger partial charge on any atom is 0.254 e. The second-order valence-electron chi connectivity index (χ2n) is 5.35. The molecular weight excluding hydrogens is 288 g/mol. The van der Waals surface area contributed by atoms with Crippen molar-refractivity contribution in [1.29, 1.82) is 0 Å². The first-order chi connectivity index (χ1) is 9.82. The van der Waals surface area contributed by atoms with Gasteiger partial charge >= 0.3 is 0 Å². The van der Waals surface area contributed by atoms with E-state index in [1.54, 1.807) is 11.8 Å². The van der Waals surface area contributed by atoms with Crippen LogP contribution in [-0.4, -0.2) is 32.3 Å². The number of nitrogens with zero attached hydrogens (tertiary/aromatic N) is 1. The lowest BCUT2D eigenvalue weighted by Gasteiger charge is -2.21. The summed E-state index contributed by atoms with van der Waals surface area (Å²) in [6.07, 6.45) is 7.57. The number of primary sulfonamides is 1. The predicted molar refractivity (Wildman–Crippen MR) is 80.0 cm³/mol. The number of hydrogen-bond acceptors (Lipinski definition) is 3. The lowest BCUT2D eigenvalue weighted by molar-refractivity contribution is 0.0769. The summed E-state index contributed by atoms with van der Waals surface area (Å²) in [5.41, 5.74) is 1.03. The van der Waals surface area contributed by atoms with Crippen molar-refractivity contribution in [1.82, 2.24) is 4.90 Å². The van der Waals surface area contributed by atoms with Gasteiger partial charge in [-0.25, -0.2) is 13.6 Å². The fraction of sp³-hybridized carbons (Fsp3) is 0.400. The van der Waals surface area contributed by atoms with E-state index in [1.165, 1.54) is 18.2 Å². The van der Waals surface area contributed by atoms with Crippen LogP contribution in [0.15, 0.2) is 23.1 Å². The molecule has 2 N–H and O–H groups in total. The number of benzene rings is 1. The van der Waals surface area contributed by atoms with E-state index >= 15 is 0 Å². The summed E-state index contributed by atoms with van der Waals surface area (Å²) < 4.78 is 22.6. The fourth-order valence-electron chi connectivity index (χ4n) is 2.16. The van der Waals surface area contributed by atoms with Gasteiger partial charge in [0.05, 0.1) is 11.4 Å². The molecule has 2 rings (SSSR count). The SMILES string of the molecule is C#CCN(CC1CC1)C(=O)c1ccc(S(N)(=O)=O)cc1C. The number of rotatable bonds is 5. The second kappa shape index (κ2) is 5.88. The van der Waals surface area contributed by atoms with E-state index in [-0.39, 0.29) is 17.3 Å². The van der Waals surface area contributed by atoms with Gasteiger partial charge in [0.15, 0.2) is 0 Å². The largest absolute Gasteiger partial charge is 0.327 e. The normalized spacial score (nSPS) is 14.5. The van der Waals surface area contributed by atoms with Crippen LogP contribution in [0, 0.1) is 25.2 Å². The van der Waals surface area contributed by atoms with Crippen LogP contribution in [0.5, 0.6) is 0 Å². The van der Waals surface area contributed by atoms with E-state index in [2.05, 4.69) is 5.92 Å². The van der Waals surface area contributed by atoms with Crippen LogP contribution in [0.25, 0.3) is 0 Å². The topological polar surface area (TPSA) is 80.5 Å². The van der Waals surface area contributed by atoms with Gasteiger partial charge in [-0.2, -0.15) is 0 Å². The molecule has 0 saturated heterocycles. The molecule has 0 aromatic heterocycles. The van der Waals surface area contributed by atoms with Crippen LogP contribution in [0.4, 0.5) is 0 Å². The average Bonchev–Trinajstić information content (AvgIpc) is 3.20. The third-order valence-corrected chi connectivity index (χ3v) is 4.41. The van der Waals surface area contributed by atoms with Crippen molar-refractivity contribution in [3.63, 3.8) is 0 Å². The molecule has 6 heteroatoms. The van der Waals surface area contributed by atoms with Crippen LogP contribution in [0.2, 0.25) is 0 Å². The maximum atomic E-state index is 12.5. The van der Waals surface area contributed by atoms with Crippen molar-refractivity contribution in [3.05, 3.63) is 29.3 Å².